The van der Waals surface area contributed by atoms with Crippen LogP contribution in [0, 0.1) is 6.92 Å². The van der Waals surface area contributed by atoms with Crippen LogP contribution in [0.15, 0.2) is 22.7 Å². The number of rotatable bonds is 2. The molecule has 1 aromatic rings. The summed E-state index contributed by atoms with van der Waals surface area (Å²) in [5.74, 6) is 0. The third-order valence-corrected chi connectivity index (χ3v) is 3.17. The first-order valence-corrected chi connectivity index (χ1v) is 7.08. The lowest BCUT2D eigenvalue weighted by molar-refractivity contribution is 0.0470. The van der Waals surface area contributed by atoms with Gasteiger partial charge in [0, 0.05) is 4.47 Å². The Morgan fingerprint density at radius 2 is 1.79 bits per heavy atom. The van der Waals surface area contributed by atoms with Gasteiger partial charge in [-0.1, -0.05) is 22.0 Å². The highest BCUT2D eigenvalue weighted by Crippen LogP contribution is 2.26. The number of hydrogen-bond donors (Lipinski definition) is 1. The van der Waals surface area contributed by atoms with Crippen LogP contribution in [-0.4, -0.2) is 11.7 Å². The van der Waals surface area contributed by atoms with Gasteiger partial charge in [-0.25, -0.2) is 4.79 Å². The van der Waals surface area contributed by atoms with Crippen LogP contribution < -0.4 is 5.32 Å². The number of carbonyl (C=O) groups is 1. The molecule has 0 atom stereocenters. The van der Waals surface area contributed by atoms with E-state index in [9.17, 15) is 4.79 Å². The van der Waals surface area contributed by atoms with Gasteiger partial charge >= 0.3 is 6.09 Å². The normalized spacial score (nSPS) is 12.2. The van der Waals surface area contributed by atoms with Crippen molar-refractivity contribution in [2.45, 2.75) is 52.7 Å². The molecule has 0 aliphatic carbocycles. The van der Waals surface area contributed by atoms with E-state index in [1.54, 1.807) is 0 Å². The van der Waals surface area contributed by atoms with Crippen molar-refractivity contribution in [3.8, 4) is 0 Å². The first-order valence-electron chi connectivity index (χ1n) is 6.29. The van der Waals surface area contributed by atoms with Crippen LogP contribution in [0.2, 0.25) is 0 Å². The second-order valence-corrected chi connectivity index (χ2v) is 7.13. The van der Waals surface area contributed by atoms with Crippen LogP contribution in [0.5, 0.6) is 0 Å². The summed E-state index contributed by atoms with van der Waals surface area (Å²) in [4.78, 5) is 11.9. The number of ether oxygens (including phenoxy) is 1. The Kier molecular flexibility index (Phi) is 4.67. The van der Waals surface area contributed by atoms with Crippen molar-refractivity contribution in [1.29, 1.82) is 0 Å². The maximum atomic E-state index is 11.9. The van der Waals surface area contributed by atoms with Gasteiger partial charge in [-0.3, -0.25) is 0 Å². The standard InChI is InChI=1S/C15H22BrNO2/c1-10-9-11(16)7-8-12(10)15(5,6)17-13(18)19-14(2,3)4/h7-9H,1-6H3,(H,17,18). The van der Waals surface area contributed by atoms with Crippen molar-refractivity contribution in [2.75, 3.05) is 0 Å². The molecular weight excluding hydrogens is 306 g/mol. The maximum absolute atomic E-state index is 11.9. The van der Waals surface area contributed by atoms with E-state index in [-0.39, 0.29) is 0 Å². The molecule has 19 heavy (non-hydrogen) atoms. The van der Waals surface area contributed by atoms with Gasteiger partial charge in [0.25, 0.3) is 0 Å². The van der Waals surface area contributed by atoms with Gasteiger partial charge in [0.1, 0.15) is 5.60 Å². The first kappa shape index (κ1) is 16.0. The quantitative estimate of drug-likeness (QED) is 0.867. The third-order valence-electron chi connectivity index (χ3n) is 2.68. The molecule has 4 heteroatoms. The molecule has 0 spiro atoms. The largest absolute Gasteiger partial charge is 0.444 e. The second kappa shape index (κ2) is 5.53. The second-order valence-electron chi connectivity index (χ2n) is 6.21. The minimum Gasteiger partial charge on any atom is -0.444 e. The summed E-state index contributed by atoms with van der Waals surface area (Å²) in [7, 11) is 0. The Hall–Kier alpha value is -1.03. The van der Waals surface area contributed by atoms with Gasteiger partial charge in [-0.2, -0.15) is 0 Å². The lowest BCUT2D eigenvalue weighted by Crippen LogP contribution is -2.44. The lowest BCUT2D eigenvalue weighted by atomic mass is 9.91. The molecule has 0 unspecified atom stereocenters. The number of alkyl carbamates (subject to hydrolysis) is 1. The number of amides is 1. The van der Waals surface area contributed by atoms with E-state index in [0.717, 1.165) is 15.6 Å². The summed E-state index contributed by atoms with van der Waals surface area (Å²) in [6.45, 7) is 11.5. The van der Waals surface area contributed by atoms with Gasteiger partial charge in [0.15, 0.2) is 0 Å². The fraction of sp³-hybridized carbons (Fsp3) is 0.533. The lowest BCUT2D eigenvalue weighted by Gasteiger charge is -2.30. The van der Waals surface area contributed by atoms with E-state index < -0.39 is 17.2 Å². The first-order chi connectivity index (χ1) is 8.51. The van der Waals surface area contributed by atoms with Crippen LogP contribution in [-0.2, 0) is 10.3 Å². The molecule has 0 radical (unpaired) electrons. The van der Waals surface area contributed by atoms with Crippen molar-refractivity contribution >= 4 is 22.0 Å². The van der Waals surface area contributed by atoms with E-state index in [0.29, 0.717) is 0 Å². The Balaban J connectivity index is 2.89. The van der Waals surface area contributed by atoms with Crippen molar-refractivity contribution in [2.24, 2.45) is 0 Å². The minimum atomic E-state index is -0.491. The molecule has 0 aromatic heterocycles. The number of hydrogen-bond acceptors (Lipinski definition) is 2. The maximum Gasteiger partial charge on any atom is 0.408 e. The number of halogens is 1. The smallest absolute Gasteiger partial charge is 0.408 e. The molecule has 0 aliphatic heterocycles. The Morgan fingerprint density at radius 3 is 2.26 bits per heavy atom. The molecule has 0 saturated carbocycles. The average Bonchev–Trinajstić information content (AvgIpc) is 2.11. The van der Waals surface area contributed by atoms with E-state index in [1.807, 2.05) is 59.7 Å². The predicted molar refractivity (Wildman–Crippen MR) is 81.3 cm³/mol. The number of nitrogens with one attached hydrogen (secondary N) is 1. The molecule has 0 heterocycles. The molecule has 1 aromatic carbocycles. The average molecular weight is 328 g/mol. The monoisotopic (exact) mass is 327 g/mol. The summed E-state index contributed by atoms with van der Waals surface area (Å²) in [5.41, 5.74) is 1.22. The molecule has 3 nitrogen and oxygen atoms in total. The van der Waals surface area contributed by atoms with Crippen molar-refractivity contribution in [3.05, 3.63) is 33.8 Å². The zero-order valence-corrected chi connectivity index (χ0v) is 14.0. The van der Waals surface area contributed by atoms with E-state index in [2.05, 4.69) is 21.2 Å². The molecular formula is C15H22BrNO2. The summed E-state index contributed by atoms with van der Waals surface area (Å²) in [6.07, 6.45) is -0.403. The molecule has 0 aliphatic rings. The molecule has 0 bridgehead atoms. The van der Waals surface area contributed by atoms with E-state index in [4.69, 9.17) is 4.74 Å². The Labute approximate surface area is 123 Å². The molecule has 1 amide bonds. The number of benzene rings is 1. The summed E-state index contributed by atoms with van der Waals surface area (Å²) < 4.78 is 6.33. The summed E-state index contributed by atoms with van der Waals surface area (Å²) >= 11 is 3.44. The van der Waals surface area contributed by atoms with Gasteiger partial charge in [0.2, 0.25) is 0 Å². The van der Waals surface area contributed by atoms with Gasteiger partial charge in [-0.15, -0.1) is 0 Å². The fourth-order valence-electron chi connectivity index (χ4n) is 1.95. The van der Waals surface area contributed by atoms with Gasteiger partial charge in [-0.05, 0) is 64.8 Å². The number of carbonyl (C=O) groups excluding carboxylic acids is 1. The van der Waals surface area contributed by atoms with Crippen LogP contribution in [0.3, 0.4) is 0 Å². The summed E-state index contributed by atoms with van der Waals surface area (Å²) in [5, 5.41) is 2.91. The molecule has 1 rings (SSSR count). The SMILES string of the molecule is Cc1cc(Br)ccc1C(C)(C)NC(=O)OC(C)(C)C. The van der Waals surface area contributed by atoms with Gasteiger partial charge < -0.3 is 10.1 Å². The van der Waals surface area contributed by atoms with Crippen molar-refractivity contribution in [3.63, 3.8) is 0 Å². The highest BCUT2D eigenvalue weighted by molar-refractivity contribution is 9.10. The Bertz CT molecular complexity index is 476. The zero-order valence-electron chi connectivity index (χ0n) is 12.4. The zero-order chi connectivity index (χ0) is 14.8. The minimum absolute atomic E-state index is 0.403. The predicted octanol–water partition coefficient (Wildman–Crippen LogP) is 4.52. The van der Waals surface area contributed by atoms with Crippen molar-refractivity contribution in [1.82, 2.24) is 5.32 Å². The summed E-state index contributed by atoms with van der Waals surface area (Å²) in [6, 6.07) is 6.02. The highest BCUT2D eigenvalue weighted by atomic mass is 79.9. The molecule has 106 valence electrons. The van der Waals surface area contributed by atoms with Crippen LogP contribution in [0.1, 0.15) is 45.7 Å². The molecule has 0 saturated heterocycles. The topological polar surface area (TPSA) is 38.3 Å². The van der Waals surface area contributed by atoms with Crippen molar-refractivity contribution < 1.29 is 9.53 Å². The van der Waals surface area contributed by atoms with Gasteiger partial charge in [0.05, 0.1) is 5.54 Å². The molecule has 0 fully saturated rings. The fourth-order valence-corrected chi connectivity index (χ4v) is 2.43. The Morgan fingerprint density at radius 1 is 1.21 bits per heavy atom. The molecule has 1 N–H and O–H groups in total. The third kappa shape index (κ3) is 4.86. The highest BCUT2D eigenvalue weighted by Gasteiger charge is 2.27. The van der Waals surface area contributed by atoms with E-state index >= 15 is 0 Å². The van der Waals surface area contributed by atoms with Crippen LogP contribution >= 0.6 is 15.9 Å². The van der Waals surface area contributed by atoms with Crippen LogP contribution in [0.4, 0.5) is 4.79 Å². The number of aryl methyl sites for hydroxylation is 1. The van der Waals surface area contributed by atoms with E-state index in [1.165, 1.54) is 0 Å². The van der Waals surface area contributed by atoms with Crippen LogP contribution in [0.25, 0.3) is 0 Å².